The first-order valence-corrected chi connectivity index (χ1v) is 3.66. The van der Waals surface area contributed by atoms with Gasteiger partial charge in [-0.25, -0.2) is 0 Å². The minimum Gasteiger partial charge on any atom is -0.151 e. The molecule has 1 aromatic carbocycles. The zero-order valence-electron chi connectivity index (χ0n) is 5.33. The molecule has 0 fully saturated rings. The number of aromatic nitrogens is 3. The lowest BCUT2D eigenvalue weighted by molar-refractivity contribution is 0.899. The zero-order valence-corrected chi connectivity index (χ0v) is 6.84. The van der Waals surface area contributed by atoms with E-state index in [1.807, 2.05) is 0 Å². The van der Waals surface area contributed by atoms with E-state index in [-0.39, 0.29) is 0 Å². The van der Waals surface area contributed by atoms with E-state index >= 15 is 0 Å². The SMILES string of the molecule is Clc1ccc2nnn(Cl)c2c1. The fourth-order valence-corrected chi connectivity index (χ4v) is 1.20. The first-order chi connectivity index (χ1) is 5.27. The van der Waals surface area contributed by atoms with Crippen LogP contribution in [0.2, 0.25) is 5.02 Å². The molecule has 0 spiro atoms. The van der Waals surface area contributed by atoms with Crippen LogP contribution in [0.3, 0.4) is 0 Å². The molecule has 0 radical (unpaired) electrons. The average Bonchev–Trinajstić information content (AvgIpc) is 2.33. The summed E-state index contributed by atoms with van der Waals surface area (Å²) in [5.41, 5.74) is 1.46. The number of benzene rings is 1. The molecule has 2 rings (SSSR count). The van der Waals surface area contributed by atoms with E-state index in [1.54, 1.807) is 18.2 Å². The molecule has 0 aliphatic heterocycles. The number of nitrogens with zero attached hydrogens (tertiary/aromatic N) is 3. The van der Waals surface area contributed by atoms with Crippen molar-refractivity contribution >= 4 is 34.4 Å². The van der Waals surface area contributed by atoms with Crippen LogP contribution in [0.4, 0.5) is 0 Å². The van der Waals surface area contributed by atoms with Crippen LogP contribution in [-0.4, -0.2) is 14.5 Å². The summed E-state index contributed by atoms with van der Waals surface area (Å²) in [5.74, 6) is 0. The van der Waals surface area contributed by atoms with Crippen LogP contribution in [0, 0.1) is 0 Å². The Bertz CT molecular complexity index is 396. The molecule has 2 aromatic rings. The van der Waals surface area contributed by atoms with Crippen LogP contribution in [0.5, 0.6) is 0 Å². The predicted molar refractivity (Wildman–Crippen MR) is 43.8 cm³/mol. The van der Waals surface area contributed by atoms with Crippen molar-refractivity contribution < 1.29 is 0 Å². The molecular weight excluding hydrogens is 185 g/mol. The van der Waals surface area contributed by atoms with Gasteiger partial charge in [0.15, 0.2) is 0 Å². The molecule has 3 nitrogen and oxygen atoms in total. The number of halogens is 2. The van der Waals surface area contributed by atoms with E-state index in [0.717, 1.165) is 11.0 Å². The minimum atomic E-state index is 0.627. The fraction of sp³-hybridized carbons (Fsp3) is 0. The molecule has 0 saturated carbocycles. The van der Waals surface area contributed by atoms with Gasteiger partial charge in [-0.3, -0.25) is 0 Å². The summed E-state index contributed by atoms with van der Waals surface area (Å²) in [6.07, 6.45) is 0. The van der Waals surface area contributed by atoms with Crippen LogP contribution in [0.25, 0.3) is 11.0 Å². The van der Waals surface area contributed by atoms with Gasteiger partial charge in [0.1, 0.15) is 11.0 Å². The summed E-state index contributed by atoms with van der Waals surface area (Å²) < 4.78 is 1.17. The maximum absolute atomic E-state index is 5.72. The molecule has 0 bridgehead atoms. The summed E-state index contributed by atoms with van der Waals surface area (Å²) in [7, 11) is 0. The van der Waals surface area contributed by atoms with Gasteiger partial charge in [0.25, 0.3) is 0 Å². The van der Waals surface area contributed by atoms with Crippen molar-refractivity contribution in [3.05, 3.63) is 23.2 Å². The van der Waals surface area contributed by atoms with E-state index in [4.69, 9.17) is 23.4 Å². The van der Waals surface area contributed by atoms with Crippen LogP contribution >= 0.6 is 23.4 Å². The highest BCUT2D eigenvalue weighted by atomic mass is 35.5. The quantitative estimate of drug-likeness (QED) is 0.633. The summed E-state index contributed by atoms with van der Waals surface area (Å²) >= 11 is 11.3. The molecule has 0 atom stereocenters. The molecule has 0 saturated heterocycles. The summed E-state index contributed by atoms with van der Waals surface area (Å²) in [6.45, 7) is 0. The summed E-state index contributed by atoms with van der Waals surface area (Å²) in [5, 5.41) is 8.02. The van der Waals surface area contributed by atoms with Gasteiger partial charge in [0, 0.05) is 16.8 Å². The van der Waals surface area contributed by atoms with Crippen LogP contribution < -0.4 is 0 Å². The second-order valence-electron chi connectivity index (χ2n) is 2.08. The largest absolute Gasteiger partial charge is 0.151 e. The third-order valence-corrected chi connectivity index (χ3v) is 1.85. The van der Waals surface area contributed by atoms with E-state index in [1.165, 1.54) is 4.20 Å². The average molecular weight is 188 g/mol. The Morgan fingerprint density at radius 2 is 2.18 bits per heavy atom. The minimum absolute atomic E-state index is 0.627. The molecule has 0 amide bonds. The third kappa shape index (κ3) is 1.06. The first kappa shape index (κ1) is 6.88. The Balaban J connectivity index is 2.87. The lowest BCUT2D eigenvalue weighted by atomic mass is 10.3. The molecule has 56 valence electrons. The molecule has 0 unspecified atom stereocenters. The van der Waals surface area contributed by atoms with Gasteiger partial charge in [-0.2, -0.15) is 4.20 Å². The predicted octanol–water partition coefficient (Wildman–Crippen LogP) is 2.09. The lowest BCUT2D eigenvalue weighted by Gasteiger charge is -1.88. The highest BCUT2D eigenvalue weighted by Crippen LogP contribution is 2.17. The normalized spacial score (nSPS) is 10.7. The van der Waals surface area contributed by atoms with Crippen molar-refractivity contribution in [3.63, 3.8) is 0 Å². The Hall–Kier alpha value is -0.800. The molecule has 0 aliphatic carbocycles. The van der Waals surface area contributed by atoms with Crippen LogP contribution in [-0.2, 0) is 0 Å². The topological polar surface area (TPSA) is 30.7 Å². The molecule has 1 aromatic heterocycles. The van der Waals surface area contributed by atoms with Gasteiger partial charge < -0.3 is 0 Å². The smallest absolute Gasteiger partial charge is 0.114 e. The highest BCUT2D eigenvalue weighted by molar-refractivity contribution is 6.31. The Labute approximate surface area is 72.6 Å². The molecule has 0 aliphatic rings. The Kier molecular flexibility index (Phi) is 1.47. The van der Waals surface area contributed by atoms with Gasteiger partial charge in [0.2, 0.25) is 0 Å². The van der Waals surface area contributed by atoms with Crippen molar-refractivity contribution in [1.82, 2.24) is 14.5 Å². The van der Waals surface area contributed by atoms with Crippen molar-refractivity contribution in [3.8, 4) is 0 Å². The van der Waals surface area contributed by atoms with Gasteiger partial charge in [-0.05, 0) is 23.4 Å². The maximum Gasteiger partial charge on any atom is 0.114 e. The van der Waals surface area contributed by atoms with Gasteiger partial charge >= 0.3 is 0 Å². The zero-order chi connectivity index (χ0) is 7.84. The fourth-order valence-electron chi connectivity index (χ4n) is 0.865. The standard InChI is InChI=1S/C6H3Cl2N3/c7-4-1-2-5-6(3-4)11(8)10-9-5/h1-3H. The molecule has 11 heavy (non-hydrogen) atoms. The molecule has 1 heterocycles. The molecular formula is C6H3Cl2N3. The van der Waals surface area contributed by atoms with Crippen molar-refractivity contribution in [1.29, 1.82) is 0 Å². The number of fused-ring (bicyclic) bond motifs is 1. The molecule has 0 N–H and O–H groups in total. The van der Waals surface area contributed by atoms with E-state index in [9.17, 15) is 0 Å². The van der Waals surface area contributed by atoms with Crippen LogP contribution in [0.1, 0.15) is 0 Å². The first-order valence-electron chi connectivity index (χ1n) is 2.94. The Morgan fingerprint density at radius 3 is 3.00 bits per heavy atom. The van der Waals surface area contributed by atoms with Gasteiger partial charge in [-0.15, -0.1) is 5.10 Å². The van der Waals surface area contributed by atoms with Gasteiger partial charge in [-0.1, -0.05) is 11.6 Å². The van der Waals surface area contributed by atoms with E-state index in [2.05, 4.69) is 10.3 Å². The third-order valence-electron chi connectivity index (χ3n) is 1.37. The Morgan fingerprint density at radius 1 is 1.36 bits per heavy atom. The summed E-state index contributed by atoms with van der Waals surface area (Å²) in [6, 6.07) is 5.23. The van der Waals surface area contributed by atoms with E-state index in [0.29, 0.717) is 5.02 Å². The van der Waals surface area contributed by atoms with Crippen molar-refractivity contribution in [2.45, 2.75) is 0 Å². The van der Waals surface area contributed by atoms with Crippen molar-refractivity contribution in [2.75, 3.05) is 0 Å². The van der Waals surface area contributed by atoms with Crippen LogP contribution in [0.15, 0.2) is 18.2 Å². The highest BCUT2D eigenvalue weighted by Gasteiger charge is 2.01. The molecule has 5 heteroatoms. The number of hydrogen-bond donors (Lipinski definition) is 0. The number of hydrogen-bond acceptors (Lipinski definition) is 2. The lowest BCUT2D eigenvalue weighted by Crippen LogP contribution is -1.80. The van der Waals surface area contributed by atoms with E-state index < -0.39 is 0 Å². The second-order valence-corrected chi connectivity index (χ2v) is 2.84. The van der Waals surface area contributed by atoms with Gasteiger partial charge in [0.05, 0.1) is 0 Å². The summed E-state index contributed by atoms with van der Waals surface area (Å²) in [4.78, 5) is 0. The number of rotatable bonds is 0. The maximum atomic E-state index is 5.72. The second kappa shape index (κ2) is 2.36. The van der Waals surface area contributed by atoms with Crippen molar-refractivity contribution in [2.24, 2.45) is 0 Å². The monoisotopic (exact) mass is 187 g/mol.